The summed E-state index contributed by atoms with van der Waals surface area (Å²) in [6.07, 6.45) is 4.49. The molecule has 2 aliphatic rings. The molecule has 9 nitrogen and oxygen atoms in total. The molecule has 4 unspecified atom stereocenters. The Morgan fingerprint density at radius 2 is 1.42 bits per heavy atom. The number of ketones is 1. The summed E-state index contributed by atoms with van der Waals surface area (Å²) in [7, 11) is 8.34. The predicted octanol–water partition coefficient (Wildman–Crippen LogP) is 2.45. The molecule has 0 amide bonds. The molecule has 1 aliphatic heterocycles. The summed E-state index contributed by atoms with van der Waals surface area (Å²) in [5.74, 6) is -1.90. The van der Waals surface area contributed by atoms with Gasteiger partial charge >= 0.3 is 11.9 Å². The normalized spacial score (nSPS) is 30.2. The SMILES string of the molecule is COC(=O)C12CC(CCN(C)C)CC(C(=O)OC)(C1=O)C(c1ccccn1)N(C)C2c1ccccn1. The first-order chi connectivity index (χ1) is 17.2. The molecule has 36 heavy (non-hydrogen) atoms. The highest BCUT2D eigenvalue weighted by Crippen LogP contribution is 2.65. The Hall–Kier alpha value is -3.17. The molecular formula is C27H34N4O5. The van der Waals surface area contributed by atoms with Gasteiger partial charge in [0, 0.05) is 12.4 Å². The minimum atomic E-state index is -1.63. The van der Waals surface area contributed by atoms with E-state index in [-0.39, 0.29) is 18.8 Å². The molecule has 1 saturated heterocycles. The number of Topliss-reactive ketones (excluding diaryl/α,β-unsaturated/α-hetero) is 1. The first-order valence-electron chi connectivity index (χ1n) is 12.1. The number of hydrogen-bond acceptors (Lipinski definition) is 9. The Morgan fingerprint density at radius 1 is 0.944 bits per heavy atom. The maximum atomic E-state index is 14.8. The van der Waals surface area contributed by atoms with E-state index in [0.717, 1.165) is 6.54 Å². The minimum Gasteiger partial charge on any atom is -0.468 e. The number of rotatable bonds is 7. The third-order valence-electron chi connectivity index (χ3n) is 7.80. The molecule has 4 atom stereocenters. The monoisotopic (exact) mass is 494 g/mol. The van der Waals surface area contributed by atoms with E-state index in [1.807, 2.05) is 50.3 Å². The molecule has 3 heterocycles. The van der Waals surface area contributed by atoms with Crippen molar-refractivity contribution in [3.63, 3.8) is 0 Å². The average Bonchev–Trinajstić information content (AvgIpc) is 2.89. The summed E-state index contributed by atoms with van der Waals surface area (Å²) in [5.41, 5.74) is -2.14. The molecule has 1 saturated carbocycles. The molecule has 2 aromatic heterocycles. The Kier molecular flexibility index (Phi) is 7.24. The first kappa shape index (κ1) is 25.9. The second-order valence-electron chi connectivity index (χ2n) is 10.1. The van der Waals surface area contributed by atoms with Gasteiger partial charge in [-0.25, -0.2) is 0 Å². The average molecular weight is 495 g/mol. The second-order valence-corrected chi connectivity index (χ2v) is 10.1. The highest BCUT2D eigenvalue weighted by Gasteiger charge is 2.75. The van der Waals surface area contributed by atoms with Crippen molar-refractivity contribution < 1.29 is 23.9 Å². The van der Waals surface area contributed by atoms with E-state index < -0.39 is 40.6 Å². The lowest BCUT2D eigenvalue weighted by Crippen LogP contribution is -2.70. The van der Waals surface area contributed by atoms with Crippen LogP contribution < -0.4 is 0 Å². The second kappa shape index (κ2) is 10.1. The Bertz CT molecular complexity index is 1030. The van der Waals surface area contributed by atoms with Gasteiger partial charge in [0.15, 0.2) is 5.78 Å². The molecule has 0 spiro atoms. The van der Waals surface area contributed by atoms with Crippen LogP contribution in [0.15, 0.2) is 48.8 Å². The highest BCUT2D eigenvalue weighted by atomic mass is 16.5. The Morgan fingerprint density at radius 3 is 1.78 bits per heavy atom. The molecule has 192 valence electrons. The molecular weight excluding hydrogens is 460 g/mol. The molecule has 2 aromatic rings. The summed E-state index contributed by atoms with van der Waals surface area (Å²) >= 11 is 0. The van der Waals surface area contributed by atoms with Crippen molar-refractivity contribution in [3.05, 3.63) is 60.2 Å². The van der Waals surface area contributed by atoms with Crippen LogP contribution in [0.25, 0.3) is 0 Å². The van der Waals surface area contributed by atoms with Crippen LogP contribution in [0.2, 0.25) is 0 Å². The summed E-state index contributed by atoms with van der Waals surface area (Å²) in [6.45, 7) is 0.742. The number of hydrogen-bond donors (Lipinski definition) is 0. The van der Waals surface area contributed by atoms with E-state index in [4.69, 9.17) is 9.47 Å². The van der Waals surface area contributed by atoms with Crippen molar-refractivity contribution in [1.29, 1.82) is 0 Å². The number of nitrogens with zero attached hydrogens (tertiary/aromatic N) is 4. The van der Waals surface area contributed by atoms with Crippen molar-refractivity contribution in [3.8, 4) is 0 Å². The lowest BCUT2D eigenvalue weighted by Gasteiger charge is -2.60. The summed E-state index contributed by atoms with van der Waals surface area (Å²) in [6, 6.07) is 9.33. The van der Waals surface area contributed by atoms with E-state index in [1.165, 1.54) is 14.2 Å². The zero-order chi connectivity index (χ0) is 26.1. The van der Waals surface area contributed by atoms with E-state index >= 15 is 0 Å². The molecule has 4 rings (SSSR count). The lowest BCUT2D eigenvalue weighted by molar-refractivity contribution is -0.202. The number of fused-ring (bicyclic) bond motifs is 2. The fourth-order valence-electron chi connectivity index (χ4n) is 6.46. The summed E-state index contributed by atoms with van der Waals surface area (Å²) < 4.78 is 10.6. The van der Waals surface area contributed by atoms with E-state index in [2.05, 4.69) is 14.9 Å². The molecule has 1 aliphatic carbocycles. The van der Waals surface area contributed by atoms with Crippen molar-refractivity contribution in [2.24, 2.45) is 16.7 Å². The number of likely N-dealkylation sites (tertiary alicyclic amines) is 1. The standard InChI is InChI=1S/C27H34N4O5/c1-30(2)15-12-18-16-26(24(33)35-4)21(19-10-6-8-13-28-19)31(3)22(20-11-7-9-14-29-20)27(17-18,23(26)32)25(34)36-5/h6-11,13-14,18,21-22H,12,15-17H2,1-5H3. The van der Waals surface area contributed by atoms with E-state index in [0.29, 0.717) is 17.8 Å². The third kappa shape index (κ3) is 3.90. The maximum absolute atomic E-state index is 14.8. The lowest BCUT2D eigenvalue weighted by atomic mass is 9.48. The van der Waals surface area contributed by atoms with Gasteiger partial charge in [0.05, 0.1) is 37.7 Å². The maximum Gasteiger partial charge on any atom is 0.321 e. The minimum absolute atomic E-state index is 0.116. The fraction of sp³-hybridized carbons (Fsp3) is 0.519. The number of carbonyl (C=O) groups is 3. The highest BCUT2D eigenvalue weighted by molar-refractivity contribution is 6.17. The van der Waals surface area contributed by atoms with Crippen LogP contribution >= 0.6 is 0 Å². The van der Waals surface area contributed by atoms with Crippen molar-refractivity contribution in [2.75, 3.05) is 41.9 Å². The quantitative estimate of drug-likeness (QED) is 0.424. The van der Waals surface area contributed by atoms with Crippen LogP contribution in [0, 0.1) is 16.7 Å². The van der Waals surface area contributed by atoms with Gasteiger partial charge in [0.2, 0.25) is 0 Å². The number of ether oxygens (including phenoxy) is 2. The summed E-state index contributed by atoms with van der Waals surface area (Å²) in [4.78, 5) is 55.3. The van der Waals surface area contributed by atoms with Crippen LogP contribution in [0.4, 0.5) is 0 Å². The van der Waals surface area contributed by atoms with Crippen molar-refractivity contribution in [1.82, 2.24) is 19.8 Å². The van der Waals surface area contributed by atoms with Crippen LogP contribution in [-0.2, 0) is 23.9 Å². The van der Waals surface area contributed by atoms with Gasteiger partial charge in [-0.15, -0.1) is 0 Å². The Balaban J connectivity index is 2.03. The zero-order valence-electron chi connectivity index (χ0n) is 21.5. The van der Waals surface area contributed by atoms with Crippen LogP contribution in [0.1, 0.15) is 42.7 Å². The summed E-state index contributed by atoms with van der Waals surface area (Å²) in [5, 5.41) is 0. The van der Waals surface area contributed by atoms with E-state index in [9.17, 15) is 14.4 Å². The zero-order valence-corrected chi connectivity index (χ0v) is 21.5. The van der Waals surface area contributed by atoms with Crippen LogP contribution in [-0.4, -0.2) is 79.4 Å². The van der Waals surface area contributed by atoms with E-state index in [1.54, 1.807) is 24.5 Å². The van der Waals surface area contributed by atoms with Gasteiger partial charge in [0.1, 0.15) is 10.8 Å². The van der Waals surface area contributed by atoms with Gasteiger partial charge in [0.25, 0.3) is 0 Å². The number of carbonyl (C=O) groups excluding carboxylic acids is 3. The molecule has 0 radical (unpaired) electrons. The molecule has 2 bridgehead atoms. The van der Waals surface area contributed by atoms with Crippen LogP contribution in [0.3, 0.4) is 0 Å². The number of esters is 2. The van der Waals surface area contributed by atoms with Gasteiger partial charge < -0.3 is 14.4 Å². The molecule has 2 fully saturated rings. The van der Waals surface area contributed by atoms with Crippen LogP contribution in [0.5, 0.6) is 0 Å². The van der Waals surface area contributed by atoms with Gasteiger partial charge in [-0.05, 0) is 77.1 Å². The fourth-order valence-corrected chi connectivity index (χ4v) is 6.46. The number of pyridine rings is 2. The Labute approximate surface area is 211 Å². The molecule has 0 N–H and O–H groups in total. The topological polar surface area (TPSA) is 102 Å². The third-order valence-corrected chi connectivity index (χ3v) is 7.80. The number of aromatic nitrogens is 2. The number of piperidine rings is 1. The van der Waals surface area contributed by atoms with Gasteiger partial charge in [-0.3, -0.25) is 29.3 Å². The van der Waals surface area contributed by atoms with Gasteiger partial charge in [-0.1, -0.05) is 12.1 Å². The van der Waals surface area contributed by atoms with Crippen molar-refractivity contribution in [2.45, 2.75) is 31.3 Å². The largest absolute Gasteiger partial charge is 0.468 e. The van der Waals surface area contributed by atoms with Crippen molar-refractivity contribution >= 4 is 17.7 Å². The molecule has 9 heteroatoms. The smallest absolute Gasteiger partial charge is 0.321 e. The van der Waals surface area contributed by atoms with Gasteiger partial charge in [-0.2, -0.15) is 0 Å². The predicted molar refractivity (Wildman–Crippen MR) is 132 cm³/mol. The molecule has 0 aromatic carbocycles. The first-order valence-corrected chi connectivity index (χ1v) is 12.1. The number of methoxy groups -OCH3 is 2.